The summed E-state index contributed by atoms with van der Waals surface area (Å²) < 4.78 is 13.8. The maximum atomic E-state index is 13.4. The van der Waals surface area contributed by atoms with Crippen molar-refractivity contribution in [3.63, 3.8) is 0 Å². The van der Waals surface area contributed by atoms with Gasteiger partial charge in [0.2, 0.25) is 0 Å². The molecule has 0 radical (unpaired) electrons. The van der Waals surface area contributed by atoms with E-state index in [9.17, 15) is 4.39 Å². The lowest BCUT2D eigenvalue weighted by Crippen LogP contribution is -2.11. The highest BCUT2D eigenvalue weighted by atomic mass is 79.9. The van der Waals surface area contributed by atoms with Crippen LogP contribution in [0.2, 0.25) is 0 Å². The van der Waals surface area contributed by atoms with Crippen molar-refractivity contribution in [1.29, 1.82) is 0 Å². The van der Waals surface area contributed by atoms with Gasteiger partial charge in [-0.05, 0) is 39.2 Å². The van der Waals surface area contributed by atoms with E-state index in [1.54, 1.807) is 6.07 Å². The molecule has 0 aromatic heterocycles. The Kier molecular flexibility index (Phi) is 5.12. The third-order valence-electron chi connectivity index (χ3n) is 2.46. The second-order valence-corrected chi connectivity index (χ2v) is 4.42. The summed E-state index contributed by atoms with van der Waals surface area (Å²) in [7, 11) is 0. The van der Waals surface area contributed by atoms with Crippen molar-refractivity contribution < 1.29 is 4.39 Å². The second kappa shape index (κ2) is 6.15. The van der Waals surface area contributed by atoms with Gasteiger partial charge in [0.1, 0.15) is 5.82 Å². The Morgan fingerprint density at radius 1 is 1.00 bits per heavy atom. The number of hydrogen-bond donors (Lipinski definition) is 1. The SMILES string of the molecule is Cl.N[C@@H](c1ccccc1)c1ccc(Br)c(F)c1. The molecular formula is C13H12BrClFN. The van der Waals surface area contributed by atoms with Gasteiger partial charge in [-0.1, -0.05) is 36.4 Å². The standard InChI is InChI=1S/C13H11BrFN.ClH/c14-11-7-6-10(8-12(11)15)13(16)9-4-2-1-3-5-9;/h1-8,13H,16H2;1H/t13-;/m0./s1. The molecule has 0 amide bonds. The van der Waals surface area contributed by atoms with E-state index in [2.05, 4.69) is 15.9 Å². The molecule has 0 bridgehead atoms. The van der Waals surface area contributed by atoms with Crippen molar-refractivity contribution in [2.24, 2.45) is 5.73 Å². The molecule has 0 fully saturated rings. The molecule has 4 heteroatoms. The molecule has 1 atom stereocenters. The van der Waals surface area contributed by atoms with Gasteiger partial charge in [-0.3, -0.25) is 0 Å². The Morgan fingerprint density at radius 3 is 2.24 bits per heavy atom. The van der Waals surface area contributed by atoms with Crippen molar-refractivity contribution in [2.45, 2.75) is 6.04 Å². The zero-order chi connectivity index (χ0) is 11.5. The summed E-state index contributed by atoms with van der Waals surface area (Å²) >= 11 is 3.12. The highest BCUT2D eigenvalue weighted by Crippen LogP contribution is 2.23. The van der Waals surface area contributed by atoms with E-state index >= 15 is 0 Å². The van der Waals surface area contributed by atoms with Gasteiger partial charge in [0.15, 0.2) is 0 Å². The van der Waals surface area contributed by atoms with Crippen LogP contribution in [0.1, 0.15) is 17.2 Å². The van der Waals surface area contributed by atoms with Crippen molar-refractivity contribution in [1.82, 2.24) is 0 Å². The Bertz CT molecular complexity index is 490. The van der Waals surface area contributed by atoms with Crippen molar-refractivity contribution >= 4 is 28.3 Å². The summed E-state index contributed by atoms with van der Waals surface area (Å²) in [5.74, 6) is -0.288. The van der Waals surface area contributed by atoms with Gasteiger partial charge in [0.05, 0.1) is 10.5 Å². The Morgan fingerprint density at radius 2 is 1.65 bits per heavy atom. The van der Waals surface area contributed by atoms with Gasteiger partial charge in [0, 0.05) is 0 Å². The Balaban J connectivity index is 0.00000144. The van der Waals surface area contributed by atoms with E-state index in [-0.39, 0.29) is 24.3 Å². The summed E-state index contributed by atoms with van der Waals surface area (Å²) in [4.78, 5) is 0. The Labute approximate surface area is 114 Å². The van der Waals surface area contributed by atoms with E-state index in [4.69, 9.17) is 5.73 Å². The second-order valence-electron chi connectivity index (χ2n) is 3.56. The zero-order valence-electron chi connectivity index (χ0n) is 8.94. The lowest BCUT2D eigenvalue weighted by molar-refractivity contribution is 0.617. The van der Waals surface area contributed by atoms with Gasteiger partial charge < -0.3 is 5.73 Å². The molecule has 90 valence electrons. The number of halogens is 3. The predicted octanol–water partition coefficient (Wildman–Crippen LogP) is 4.06. The topological polar surface area (TPSA) is 26.0 Å². The molecule has 17 heavy (non-hydrogen) atoms. The molecule has 0 unspecified atom stereocenters. The third kappa shape index (κ3) is 3.28. The highest BCUT2D eigenvalue weighted by Gasteiger charge is 2.10. The fourth-order valence-electron chi connectivity index (χ4n) is 1.56. The first-order valence-electron chi connectivity index (χ1n) is 4.94. The smallest absolute Gasteiger partial charge is 0.137 e. The first kappa shape index (κ1) is 14.2. The van der Waals surface area contributed by atoms with E-state index in [0.717, 1.165) is 11.1 Å². The van der Waals surface area contributed by atoms with Gasteiger partial charge >= 0.3 is 0 Å². The molecule has 0 heterocycles. The molecule has 2 aromatic rings. The van der Waals surface area contributed by atoms with Crippen molar-refractivity contribution in [3.05, 3.63) is 69.9 Å². The molecular weight excluding hydrogens is 305 g/mol. The minimum absolute atomic E-state index is 0. The van der Waals surface area contributed by atoms with Crippen LogP contribution < -0.4 is 5.73 Å². The molecule has 0 aliphatic carbocycles. The summed E-state index contributed by atoms with van der Waals surface area (Å²) in [6.45, 7) is 0. The van der Waals surface area contributed by atoms with Gasteiger partial charge in [0.25, 0.3) is 0 Å². The average Bonchev–Trinajstić information content (AvgIpc) is 2.33. The molecule has 0 aliphatic rings. The maximum absolute atomic E-state index is 13.4. The third-order valence-corrected chi connectivity index (χ3v) is 3.10. The molecule has 2 rings (SSSR count). The average molecular weight is 317 g/mol. The molecule has 0 saturated heterocycles. The van der Waals surface area contributed by atoms with Crippen LogP contribution in [0.4, 0.5) is 4.39 Å². The normalized spacial score (nSPS) is 11.7. The fraction of sp³-hybridized carbons (Fsp3) is 0.0769. The van der Waals surface area contributed by atoms with Gasteiger partial charge in [-0.2, -0.15) is 0 Å². The summed E-state index contributed by atoms with van der Waals surface area (Å²) in [6, 6.07) is 14.3. The fourth-order valence-corrected chi connectivity index (χ4v) is 1.81. The van der Waals surface area contributed by atoms with Crippen LogP contribution in [-0.4, -0.2) is 0 Å². The van der Waals surface area contributed by atoms with Gasteiger partial charge in [-0.15, -0.1) is 12.4 Å². The largest absolute Gasteiger partial charge is 0.320 e. The monoisotopic (exact) mass is 315 g/mol. The summed E-state index contributed by atoms with van der Waals surface area (Å²) in [5.41, 5.74) is 7.80. The number of hydrogen-bond acceptors (Lipinski definition) is 1. The van der Waals surface area contributed by atoms with Crippen LogP contribution >= 0.6 is 28.3 Å². The van der Waals surface area contributed by atoms with Crippen molar-refractivity contribution in [2.75, 3.05) is 0 Å². The molecule has 0 saturated carbocycles. The van der Waals surface area contributed by atoms with Crippen molar-refractivity contribution in [3.8, 4) is 0 Å². The van der Waals surface area contributed by atoms with Crippen LogP contribution in [0.5, 0.6) is 0 Å². The first-order chi connectivity index (χ1) is 7.68. The number of rotatable bonds is 2. The van der Waals surface area contributed by atoms with E-state index in [1.165, 1.54) is 6.07 Å². The van der Waals surface area contributed by atoms with Crippen LogP contribution in [0.3, 0.4) is 0 Å². The number of benzene rings is 2. The van der Waals surface area contributed by atoms with E-state index in [1.807, 2.05) is 36.4 Å². The lowest BCUT2D eigenvalue weighted by Gasteiger charge is -2.12. The minimum Gasteiger partial charge on any atom is -0.320 e. The lowest BCUT2D eigenvalue weighted by atomic mass is 10.00. The molecule has 2 aromatic carbocycles. The number of nitrogens with two attached hydrogens (primary N) is 1. The van der Waals surface area contributed by atoms with Crippen LogP contribution in [0, 0.1) is 5.82 Å². The predicted molar refractivity (Wildman–Crippen MR) is 73.8 cm³/mol. The van der Waals surface area contributed by atoms with E-state index in [0.29, 0.717) is 4.47 Å². The summed E-state index contributed by atoms with van der Waals surface area (Å²) in [6.07, 6.45) is 0. The molecule has 1 nitrogen and oxygen atoms in total. The Hall–Kier alpha value is -0.900. The van der Waals surface area contributed by atoms with E-state index < -0.39 is 0 Å². The van der Waals surface area contributed by atoms with Gasteiger partial charge in [-0.25, -0.2) is 4.39 Å². The zero-order valence-corrected chi connectivity index (χ0v) is 11.3. The van der Waals surface area contributed by atoms with Crippen LogP contribution in [-0.2, 0) is 0 Å². The maximum Gasteiger partial charge on any atom is 0.137 e. The van der Waals surface area contributed by atoms with Crippen LogP contribution in [0.25, 0.3) is 0 Å². The molecule has 0 aliphatic heterocycles. The van der Waals surface area contributed by atoms with Crippen LogP contribution in [0.15, 0.2) is 53.0 Å². The minimum atomic E-state index is -0.288. The summed E-state index contributed by atoms with van der Waals surface area (Å²) in [5, 5.41) is 0. The quantitative estimate of drug-likeness (QED) is 0.888. The molecule has 0 spiro atoms. The highest BCUT2D eigenvalue weighted by molar-refractivity contribution is 9.10. The first-order valence-corrected chi connectivity index (χ1v) is 5.73. The molecule has 2 N–H and O–H groups in total.